The molecule has 0 aliphatic heterocycles. The molecule has 30 heavy (non-hydrogen) atoms. The van der Waals surface area contributed by atoms with Crippen LogP contribution in [0.5, 0.6) is 11.5 Å². The number of rotatable bonds is 5. The Kier molecular flexibility index (Phi) is 4.52. The number of H-pyrrole nitrogens is 1. The molecular formula is C26H21NO3. The molecule has 0 aliphatic rings. The van der Waals surface area contributed by atoms with Crippen molar-refractivity contribution in [3.8, 4) is 45.3 Å². The third-order valence-corrected chi connectivity index (χ3v) is 5.30. The molecule has 0 aliphatic carbocycles. The molecule has 4 nitrogen and oxygen atoms in total. The van der Waals surface area contributed by atoms with Gasteiger partial charge in [0.1, 0.15) is 11.5 Å². The zero-order valence-corrected chi connectivity index (χ0v) is 16.8. The van der Waals surface area contributed by atoms with Gasteiger partial charge in [-0.25, -0.2) is 0 Å². The smallest absolute Gasteiger partial charge is 0.170 e. The van der Waals surface area contributed by atoms with Gasteiger partial charge in [0.2, 0.25) is 0 Å². The molecule has 0 atom stereocenters. The third kappa shape index (κ3) is 2.94. The van der Waals surface area contributed by atoms with Gasteiger partial charge in [-0.3, -0.25) is 0 Å². The predicted molar refractivity (Wildman–Crippen MR) is 120 cm³/mol. The topological polar surface area (TPSA) is 47.4 Å². The molecule has 0 saturated carbocycles. The molecule has 2 heterocycles. The quantitative estimate of drug-likeness (QED) is 0.357. The summed E-state index contributed by atoms with van der Waals surface area (Å²) in [5.41, 5.74) is 5.03. The second kappa shape index (κ2) is 7.48. The summed E-state index contributed by atoms with van der Waals surface area (Å²) < 4.78 is 17.7. The fourth-order valence-corrected chi connectivity index (χ4v) is 3.89. The number of methoxy groups -OCH3 is 2. The van der Waals surface area contributed by atoms with Gasteiger partial charge in [0, 0.05) is 28.5 Å². The number of benzene rings is 3. The summed E-state index contributed by atoms with van der Waals surface area (Å²) >= 11 is 0. The fourth-order valence-electron chi connectivity index (χ4n) is 3.89. The van der Waals surface area contributed by atoms with Gasteiger partial charge in [-0.15, -0.1) is 0 Å². The maximum Gasteiger partial charge on any atom is 0.170 e. The Morgan fingerprint density at radius 2 is 1.43 bits per heavy atom. The van der Waals surface area contributed by atoms with Crippen LogP contribution in [0, 0.1) is 0 Å². The molecular weight excluding hydrogens is 374 g/mol. The molecule has 148 valence electrons. The summed E-state index contributed by atoms with van der Waals surface area (Å²) in [4.78, 5) is 3.36. The maximum absolute atomic E-state index is 6.40. The number of ether oxygens (including phenoxy) is 2. The first-order chi connectivity index (χ1) is 14.8. The van der Waals surface area contributed by atoms with Gasteiger partial charge in [0.05, 0.1) is 25.1 Å². The van der Waals surface area contributed by atoms with Crippen molar-refractivity contribution in [3.05, 3.63) is 85.1 Å². The van der Waals surface area contributed by atoms with E-state index in [1.54, 1.807) is 14.2 Å². The molecule has 0 fully saturated rings. The van der Waals surface area contributed by atoms with Crippen LogP contribution in [-0.2, 0) is 0 Å². The number of nitrogens with one attached hydrogen (secondary N) is 1. The van der Waals surface area contributed by atoms with E-state index in [-0.39, 0.29) is 0 Å². The lowest BCUT2D eigenvalue weighted by Crippen LogP contribution is -1.91. The van der Waals surface area contributed by atoms with Crippen molar-refractivity contribution in [2.45, 2.75) is 0 Å². The molecule has 0 unspecified atom stereocenters. The number of furan rings is 1. The van der Waals surface area contributed by atoms with Crippen molar-refractivity contribution >= 4 is 10.9 Å². The van der Waals surface area contributed by atoms with Gasteiger partial charge in [-0.2, -0.15) is 0 Å². The van der Waals surface area contributed by atoms with Crippen LogP contribution in [0.3, 0.4) is 0 Å². The van der Waals surface area contributed by atoms with Gasteiger partial charge in [0.25, 0.3) is 0 Å². The molecule has 3 aromatic carbocycles. The Bertz CT molecular complexity index is 1300. The Morgan fingerprint density at radius 1 is 0.733 bits per heavy atom. The predicted octanol–water partition coefficient (Wildman–Crippen LogP) is 6.78. The van der Waals surface area contributed by atoms with Gasteiger partial charge < -0.3 is 18.9 Å². The highest BCUT2D eigenvalue weighted by Gasteiger charge is 2.22. The lowest BCUT2D eigenvalue weighted by molar-refractivity contribution is 0.358. The summed E-state index contributed by atoms with van der Waals surface area (Å²) in [5, 5.41) is 0.967. The first kappa shape index (κ1) is 18.1. The lowest BCUT2D eigenvalue weighted by atomic mass is 10.00. The molecule has 0 amide bonds. The Labute approximate surface area is 174 Å². The normalized spacial score (nSPS) is 11.0. The van der Waals surface area contributed by atoms with E-state index in [9.17, 15) is 0 Å². The fraction of sp³-hybridized carbons (Fsp3) is 0.0769. The van der Waals surface area contributed by atoms with Gasteiger partial charge in [-0.1, -0.05) is 60.7 Å². The number of hydrogen-bond donors (Lipinski definition) is 1. The zero-order chi connectivity index (χ0) is 20.5. The highest BCUT2D eigenvalue weighted by Crippen LogP contribution is 2.46. The van der Waals surface area contributed by atoms with Gasteiger partial charge in [-0.05, 0) is 18.2 Å². The average Bonchev–Trinajstić information content (AvgIpc) is 3.44. The summed E-state index contributed by atoms with van der Waals surface area (Å²) in [6, 6.07) is 26.3. The molecule has 0 saturated heterocycles. The van der Waals surface area contributed by atoms with Crippen LogP contribution < -0.4 is 9.47 Å². The van der Waals surface area contributed by atoms with Crippen molar-refractivity contribution in [1.29, 1.82) is 0 Å². The summed E-state index contributed by atoms with van der Waals surface area (Å²) in [7, 11) is 3.31. The number of fused-ring (bicyclic) bond motifs is 1. The molecule has 5 rings (SSSR count). The SMILES string of the molecule is COc1ccc2[nH]cc(-c3cc(-c4ccccc4)oc3-c3ccccc3)c2c1OC. The Morgan fingerprint density at radius 3 is 2.10 bits per heavy atom. The second-order valence-electron chi connectivity index (χ2n) is 7.01. The number of hydrogen-bond acceptors (Lipinski definition) is 3. The molecule has 0 bridgehead atoms. The Balaban J connectivity index is 1.80. The minimum absolute atomic E-state index is 0.693. The van der Waals surface area contributed by atoms with E-state index < -0.39 is 0 Å². The van der Waals surface area contributed by atoms with Gasteiger partial charge in [0.15, 0.2) is 11.5 Å². The monoisotopic (exact) mass is 395 g/mol. The maximum atomic E-state index is 6.40. The third-order valence-electron chi connectivity index (χ3n) is 5.30. The van der Waals surface area contributed by atoms with Crippen LogP contribution in [0.1, 0.15) is 0 Å². The van der Waals surface area contributed by atoms with Crippen LogP contribution >= 0.6 is 0 Å². The van der Waals surface area contributed by atoms with E-state index in [0.717, 1.165) is 44.7 Å². The first-order valence-corrected chi connectivity index (χ1v) is 9.77. The minimum atomic E-state index is 0.693. The molecule has 1 N–H and O–H groups in total. The van der Waals surface area contributed by atoms with Crippen LogP contribution in [0.4, 0.5) is 0 Å². The zero-order valence-electron chi connectivity index (χ0n) is 16.8. The number of aromatic nitrogens is 1. The van der Waals surface area contributed by atoms with E-state index in [0.29, 0.717) is 11.5 Å². The summed E-state index contributed by atoms with van der Waals surface area (Å²) in [5.74, 6) is 3.03. The highest BCUT2D eigenvalue weighted by atomic mass is 16.5. The standard InChI is InChI=1S/C26H21NO3/c1-28-22-14-13-21-24(26(22)29-2)20(16-27-21)19-15-23(17-9-5-3-6-10-17)30-25(19)18-11-7-4-8-12-18/h3-16,27H,1-2H3. The van der Waals surface area contributed by atoms with Crippen LogP contribution in [-0.4, -0.2) is 19.2 Å². The van der Waals surface area contributed by atoms with Gasteiger partial charge >= 0.3 is 0 Å². The minimum Gasteiger partial charge on any atom is -0.493 e. The van der Waals surface area contributed by atoms with Crippen LogP contribution in [0.2, 0.25) is 0 Å². The van der Waals surface area contributed by atoms with E-state index in [1.807, 2.05) is 54.7 Å². The van der Waals surface area contributed by atoms with Crippen LogP contribution in [0.25, 0.3) is 44.7 Å². The highest BCUT2D eigenvalue weighted by molar-refractivity contribution is 6.04. The van der Waals surface area contributed by atoms with E-state index in [1.165, 1.54) is 0 Å². The average molecular weight is 395 g/mol. The molecule has 5 aromatic rings. The summed E-state index contributed by atoms with van der Waals surface area (Å²) in [6.07, 6.45) is 2.00. The van der Waals surface area contributed by atoms with Crippen LogP contribution in [0.15, 0.2) is 89.5 Å². The van der Waals surface area contributed by atoms with Crippen molar-refractivity contribution in [2.75, 3.05) is 14.2 Å². The van der Waals surface area contributed by atoms with E-state index >= 15 is 0 Å². The summed E-state index contributed by atoms with van der Waals surface area (Å²) in [6.45, 7) is 0. The molecule has 4 heteroatoms. The lowest BCUT2D eigenvalue weighted by Gasteiger charge is -2.10. The largest absolute Gasteiger partial charge is 0.493 e. The first-order valence-electron chi connectivity index (χ1n) is 9.77. The molecule has 2 aromatic heterocycles. The van der Waals surface area contributed by atoms with Crippen molar-refractivity contribution in [3.63, 3.8) is 0 Å². The second-order valence-corrected chi connectivity index (χ2v) is 7.01. The Hall–Kier alpha value is -3.92. The molecule has 0 radical (unpaired) electrons. The number of aromatic amines is 1. The molecule has 0 spiro atoms. The van der Waals surface area contributed by atoms with Crippen molar-refractivity contribution in [1.82, 2.24) is 4.98 Å². The van der Waals surface area contributed by atoms with Crippen molar-refractivity contribution in [2.24, 2.45) is 0 Å². The van der Waals surface area contributed by atoms with E-state index in [4.69, 9.17) is 13.9 Å². The van der Waals surface area contributed by atoms with E-state index in [2.05, 4.69) is 35.3 Å². The van der Waals surface area contributed by atoms with Crippen molar-refractivity contribution < 1.29 is 13.9 Å².